The fourth-order valence-corrected chi connectivity index (χ4v) is 5.16. The average Bonchev–Trinajstić information content (AvgIpc) is 2.72. The highest BCUT2D eigenvalue weighted by Crippen LogP contribution is 2.23. The molecule has 0 aromatic heterocycles. The van der Waals surface area contributed by atoms with Gasteiger partial charge < -0.3 is 10.1 Å². The van der Waals surface area contributed by atoms with Gasteiger partial charge >= 0.3 is 5.97 Å². The van der Waals surface area contributed by atoms with Gasteiger partial charge in [-0.1, -0.05) is 35.7 Å². The van der Waals surface area contributed by atoms with Crippen LogP contribution in [0.3, 0.4) is 0 Å². The van der Waals surface area contributed by atoms with Crippen molar-refractivity contribution in [3.63, 3.8) is 0 Å². The maximum atomic E-state index is 12.8. The van der Waals surface area contributed by atoms with Gasteiger partial charge in [-0.15, -0.1) is 0 Å². The molecule has 1 amide bonds. The second-order valence-electron chi connectivity index (χ2n) is 6.78. The fraction of sp³-hybridized carbons (Fsp3) is 0.300. The zero-order valence-corrected chi connectivity index (χ0v) is 18.3. The Bertz CT molecular complexity index is 1030. The standard InChI is InChI=1S/C20H20Cl2N2O5S/c21-15-9-14(10-16(22)11-15)20(26)29-13-19(25)23-17-5-4-6-18(12-17)30(27,28)24-7-2-1-3-8-24/h4-6,9-12H,1-3,7-8,13H2,(H,23,25). The monoisotopic (exact) mass is 470 g/mol. The van der Waals surface area contributed by atoms with Gasteiger partial charge in [0.1, 0.15) is 0 Å². The van der Waals surface area contributed by atoms with Crippen molar-refractivity contribution in [2.24, 2.45) is 0 Å². The van der Waals surface area contributed by atoms with E-state index >= 15 is 0 Å². The van der Waals surface area contributed by atoms with E-state index in [1.165, 1.54) is 34.6 Å². The maximum Gasteiger partial charge on any atom is 0.338 e. The van der Waals surface area contributed by atoms with E-state index in [4.69, 9.17) is 27.9 Å². The number of hydrogen-bond donors (Lipinski definition) is 1. The van der Waals surface area contributed by atoms with E-state index in [1.54, 1.807) is 12.1 Å². The van der Waals surface area contributed by atoms with Crippen LogP contribution in [0.15, 0.2) is 47.4 Å². The minimum Gasteiger partial charge on any atom is -0.452 e. The number of nitrogens with one attached hydrogen (secondary N) is 1. The first kappa shape index (κ1) is 22.6. The number of rotatable bonds is 6. The summed E-state index contributed by atoms with van der Waals surface area (Å²) in [4.78, 5) is 24.3. The van der Waals surface area contributed by atoms with Crippen molar-refractivity contribution >= 4 is 50.8 Å². The molecule has 160 valence electrons. The highest BCUT2D eigenvalue weighted by molar-refractivity contribution is 7.89. The molecular weight excluding hydrogens is 451 g/mol. The fourth-order valence-electron chi connectivity index (χ4n) is 3.07. The Kier molecular flexibility index (Phi) is 7.36. The highest BCUT2D eigenvalue weighted by atomic mass is 35.5. The summed E-state index contributed by atoms with van der Waals surface area (Å²) in [6.07, 6.45) is 2.68. The van der Waals surface area contributed by atoms with E-state index in [0.717, 1.165) is 19.3 Å². The minimum atomic E-state index is -3.62. The molecule has 2 aromatic carbocycles. The number of amides is 1. The molecule has 3 rings (SSSR count). The van der Waals surface area contributed by atoms with Gasteiger partial charge in [0.15, 0.2) is 6.61 Å². The van der Waals surface area contributed by atoms with E-state index in [1.807, 2.05) is 0 Å². The second kappa shape index (κ2) is 9.78. The highest BCUT2D eigenvalue weighted by Gasteiger charge is 2.26. The van der Waals surface area contributed by atoms with Crippen molar-refractivity contribution in [3.05, 3.63) is 58.1 Å². The van der Waals surface area contributed by atoms with E-state index in [0.29, 0.717) is 18.8 Å². The smallest absolute Gasteiger partial charge is 0.338 e. The van der Waals surface area contributed by atoms with Crippen molar-refractivity contribution < 1.29 is 22.7 Å². The topological polar surface area (TPSA) is 92.8 Å². The number of benzene rings is 2. The molecule has 1 aliphatic rings. The predicted octanol–water partition coefficient (Wildman–Crippen LogP) is 3.96. The van der Waals surface area contributed by atoms with Crippen molar-refractivity contribution in [2.75, 3.05) is 25.0 Å². The van der Waals surface area contributed by atoms with Crippen molar-refractivity contribution in [2.45, 2.75) is 24.2 Å². The normalized spacial score (nSPS) is 14.9. The Hall–Kier alpha value is -2.13. The lowest BCUT2D eigenvalue weighted by atomic mass is 10.2. The second-order valence-corrected chi connectivity index (χ2v) is 9.59. The van der Waals surface area contributed by atoms with Crippen LogP contribution in [0, 0.1) is 0 Å². The molecule has 10 heteroatoms. The number of esters is 1. The number of anilines is 1. The van der Waals surface area contributed by atoms with Gasteiger partial charge in [-0.2, -0.15) is 4.31 Å². The molecule has 7 nitrogen and oxygen atoms in total. The van der Waals surface area contributed by atoms with E-state index in [-0.39, 0.29) is 20.5 Å². The van der Waals surface area contributed by atoms with Crippen LogP contribution in [-0.2, 0) is 19.6 Å². The summed E-state index contributed by atoms with van der Waals surface area (Å²) < 4.78 is 32.0. The molecular formula is C20H20Cl2N2O5S. The minimum absolute atomic E-state index is 0.104. The molecule has 0 radical (unpaired) electrons. The lowest BCUT2D eigenvalue weighted by molar-refractivity contribution is -0.119. The number of nitrogens with zero attached hydrogens (tertiary/aromatic N) is 1. The molecule has 1 fully saturated rings. The summed E-state index contributed by atoms with van der Waals surface area (Å²) in [6, 6.07) is 10.2. The Labute approximate surface area is 185 Å². The third-order valence-electron chi connectivity index (χ3n) is 4.50. The van der Waals surface area contributed by atoms with E-state index in [2.05, 4.69) is 5.32 Å². The Morgan fingerprint density at radius 2 is 1.67 bits per heavy atom. The summed E-state index contributed by atoms with van der Waals surface area (Å²) in [6.45, 7) is 0.427. The van der Waals surface area contributed by atoms with Crippen molar-refractivity contribution in [3.8, 4) is 0 Å². The molecule has 0 bridgehead atoms. The number of halogens is 2. The third-order valence-corrected chi connectivity index (χ3v) is 6.83. The van der Waals surface area contributed by atoms with Crippen LogP contribution in [0.5, 0.6) is 0 Å². The van der Waals surface area contributed by atoms with Crippen LogP contribution in [0.4, 0.5) is 5.69 Å². The van der Waals surface area contributed by atoms with Gasteiger partial charge in [0.2, 0.25) is 10.0 Å². The van der Waals surface area contributed by atoms with Crippen LogP contribution in [-0.4, -0.2) is 44.3 Å². The molecule has 1 aliphatic heterocycles. The van der Waals surface area contributed by atoms with Crippen molar-refractivity contribution in [1.29, 1.82) is 0 Å². The van der Waals surface area contributed by atoms with Gasteiger partial charge in [0, 0.05) is 28.8 Å². The maximum absolute atomic E-state index is 12.8. The Balaban J connectivity index is 1.61. The lowest BCUT2D eigenvalue weighted by Crippen LogP contribution is -2.35. The van der Waals surface area contributed by atoms with Crippen LogP contribution in [0.2, 0.25) is 10.0 Å². The first-order valence-electron chi connectivity index (χ1n) is 9.29. The Morgan fingerprint density at radius 3 is 2.33 bits per heavy atom. The number of ether oxygens (including phenoxy) is 1. The van der Waals surface area contributed by atoms with Crippen LogP contribution >= 0.6 is 23.2 Å². The quantitative estimate of drug-likeness (QED) is 0.644. The lowest BCUT2D eigenvalue weighted by Gasteiger charge is -2.26. The van der Waals surface area contributed by atoms with Gasteiger partial charge in [-0.3, -0.25) is 4.79 Å². The molecule has 30 heavy (non-hydrogen) atoms. The summed E-state index contributed by atoms with van der Waals surface area (Å²) in [5.74, 6) is -1.36. The van der Waals surface area contributed by atoms with Gasteiger partial charge in [-0.05, 0) is 49.2 Å². The van der Waals surface area contributed by atoms with Gasteiger partial charge in [-0.25, -0.2) is 13.2 Å². The zero-order valence-electron chi connectivity index (χ0n) is 15.9. The molecule has 1 N–H and O–H groups in total. The summed E-state index contributed by atoms with van der Waals surface area (Å²) in [5.41, 5.74) is 0.412. The van der Waals surface area contributed by atoms with E-state index < -0.39 is 28.5 Å². The average molecular weight is 471 g/mol. The van der Waals surface area contributed by atoms with Crippen LogP contribution < -0.4 is 5.32 Å². The summed E-state index contributed by atoms with van der Waals surface area (Å²) in [5, 5.41) is 3.07. The number of carbonyl (C=O) groups is 2. The number of piperidine rings is 1. The van der Waals surface area contributed by atoms with Crippen molar-refractivity contribution in [1.82, 2.24) is 4.31 Å². The molecule has 1 heterocycles. The zero-order chi connectivity index (χ0) is 21.7. The third kappa shape index (κ3) is 5.72. The molecule has 0 atom stereocenters. The number of hydrogen-bond acceptors (Lipinski definition) is 5. The van der Waals surface area contributed by atoms with Crippen LogP contribution in [0.1, 0.15) is 29.6 Å². The number of carbonyl (C=O) groups excluding carboxylic acids is 2. The Morgan fingerprint density at radius 1 is 1.00 bits per heavy atom. The first-order chi connectivity index (χ1) is 14.3. The molecule has 2 aromatic rings. The molecule has 1 saturated heterocycles. The van der Waals surface area contributed by atoms with E-state index in [9.17, 15) is 18.0 Å². The first-order valence-corrected chi connectivity index (χ1v) is 11.5. The largest absolute Gasteiger partial charge is 0.452 e. The van der Waals surface area contributed by atoms with Gasteiger partial charge in [0.05, 0.1) is 10.5 Å². The van der Waals surface area contributed by atoms with Gasteiger partial charge in [0.25, 0.3) is 5.91 Å². The molecule has 0 aliphatic carbocycles. The SMILES string of the molecule is O=C(COC(=O)c1cc(Cl)cc(Cl)c1)Nc1cccc(S(=O)(=O)N2CCCCC2)c1. The summed E-state index contributed by atoms with van der Waals surface area (Å²) >= 11 is 11.7. The number of sulfonamides is 1. The molecule has 0 spiro atoms. The molecule has 0 saturated carbocycles. The van der Waals surface area contributed by atoms with Crippen LogP contribution in [0.25, 0.3) is 0 Å². The summed E-state index contributed by atoms with van der Waals surface area (Å²) in [7, 11) is -3.62. The predicted molar refractivity (Wildman–Crippen MR) is 114 cm³/mol. The molecule has 0 unspecified atom stereocenters.